The van der Waals surface area contributed by atoms with Gasteiger partial charge in [-0.15, -0.1) is 11.3 Å². The van der Waals surface area contributed by atoms with E-state index >= 15 is 0 Å². The van der Waals surface area contributed by atoms with E-state index in [-0.39, 0.29) is 16.3 Å². The smallest absolute Gasteiger partial charge is 0.238 e. The van der Waals surface area contributed by atoms with Gasteiger partial charge >= 0.3 is 0 Å². The fraction of sp³-hybridized carbons (Fsp3) is 0.571. The van der Waals surface area contributed by atoms with Gasteiger partial charge < -0.3 is 10.1 Å². The van der Waals surface area contributed by atoms with Gasteiger partial charge in [0.15, 0.2) is 0 Å². The highest BCUT2D eigenvalue weighted by Crippen LogP contribution is 2.41. The fourth-order valence-corrected chi connectivity index (χ4v) is 3.32. The molecule has 0 bridgehead atoms. The Balaban J connectivity index is 2.35. The lowest BCUT2D eigenvalue weighted by Gasteiger charge is -2.32. The minimum absolute atomic E-state index is 0.140. The molecule has 1 aromatic rings. The molecule has 0 fully saturated rings. The summed E-state index contributed by atoms with van der Waals surface area (Å²) >= 11 is 4.67. The molecule has 2 atom stereocenters. The van der Waals surface area contributed by atoms with Crippen LogP contribution < -0.4 is 5.32 Å². The summed E-state index contributed by atoms with van der Waals surface area (Å²) in [6.07, 6.45) is 1.62. The molecule has 0 saturated heterocycles. The van der Waals surface area contributed by atoms with Crippen LogP contribution in [0, 0.1) is 11.3 Å². The normalized spacial score (nSPS) is 22.8. The quantitative estimate of drug-likeness (QED) is 0.841. The van der Waals surface area contributed by atoms with Crippen molar-refractivity contribution in [3.05, 3.63) is 16.0 Å². The molecule has 1 N–H and O–H groups in total. The first kappa shape index (κ1) is 15.5. The number of carbonyl (C=O) groups is 1. The second-order valence-electron chi connectivity index (χ2n) is 5.19. The van der Waals surface area contributed by atoms with E-state index in [1.807, 2.05) is 0 Å². The summed E-state index contributed by atoms with van der Waals surface area (Å²) in [7, 11) is 0. The van der Waals surface area contributed by atoms with Crippen molar-refractivity contribution in [2.75, 3.05) is 5.32 Å². The molecule has 2 unspecified atom stereocenters. The van der Waals surface area contributed by atoms with Crippen molar-refractivity contribution in [2.45, 2.75) is 50.6 Å². The average molecular weight is 357 g/mol. The van der Waals surface area contributed by atoms with E-state index in [9.17, 15) is 10.1 Å². The SMILES string of the molecule is CCC1(C)Cc2c(sc(NC(=O)C(C)Br)c2C#N)CO1. The molecule has 6 heteroatoms. The van der Waals surface area contributed by atoms with Crippen LogP contribution in [0.1, 0.15) is 43.2 Å². The molecule has 0 saturated carbocycles. The number of amides is 1. The number of rotatable bonds is 3. The summed E-state index contributed by atoms with van der Waals surface area (Å²) in [5, 5.41) is 12.9. The zero-order valence-electron chi connectivity index (χ0n) is 11.7. The first-order chi connectivity index (χ1) is 9.40. The Bertz CT molecular complexity index is 576. The number of nitrogens with one attached hydrogen (secondary N) is 1. The minimum Gasteiger partial charge on any atom is -0.369 e. The van der Waals surface area contributed by atoms with Gasteiger partial charge in [0.1, 0.15) is 11.1 Å². The third-order valence-corrected chi connectivity index (χ3v) is 5.19. The second kappa shape index (κ2) is 5.84. The fourth-order valence-electron chi connectivity index (χ4n) is 2.13. The molecule has 1 aliphatic heterocycles. The van der Waals surface area contributed by atoms with Crippen LogP contribution in [0.25, 0.3) is 0 Å². The summed E-state index contributed by atoms with van der Waals surface area (Å²) in [4.78, 5) is 12.5. The number of halogens is 1. The first-order valence-electron chi connectivity index (χ1n) is 6.53. The maximum Gasteiger partial charge on any atom is 0.238 e. The Morgan fingerprint density at radius 2 is 2.40 bits per heavy atom. The third kappa shape index (κ3) is 2.90. The summed E-state index contributed by atoms with van der Waals surface area (Å²) in [6.45, 7) is 6.41. The number of alkyl halides is 1. The highest BCUT2D eigenvalue weighted by molar-refractivity contribution is 9.10. The molecule has 0 aromatic carbocycles. The summed E-state index contributed by atoms with van der Waals surface area (Å²) < 4.78 is 5.89. The number of ether oxygens (including phenoxy) is 1. The van der Waals surface area contributed by atoms with Crippen LogP contribution in [0.15, 0.2) is 0 Å². The summed E-state index contributed by atoms with van der Waals surface area (Å²) in [5.41, 5.74) is 1.41. The van der Waals surface area contributed by atoms with Gasteiger partial charge in [-0.05, 0) is 25.8 Å². The molecule has 2 rings (SSSR count). The molecule has 0 aliphatic carbocycles. The van der Waals surface area contributed by atoms with Crippen LogP contribution in [0.5, 0.6) is 0 Å². The molecule has 1 aromatic heterocycles. The van der Waals surface area contributed by atoms with Gasteiger partial charge in [-0.25, -0.2) is 0 Å². The number of anilines is 1. The van der Waals surface area contributed by atoms with Gasteiger partial charge in [-0.3, -0.25) is 4.79 Å². The number of hydrogen-bond acceptors (Lipinski definition) is 4. The van der Waals surface area contributed by atoms with E-state index in [0.29, 0.717) is 17.2 Å². The molecular weight excluding hydrogens is 340 g/mol. The lowest BCUT2D eigenvalue weighted by Crippen LogP contribution is -2.34. The summed E-state index contributed by atoms with van der Waals surface area (Å²) in [5.74, 6) is -0.140. The largest absolute Gasteiger partial charge is 0.369 e. The van der Waals surface area contributed by atoms with Gasteiger partial charge in [-0.2, -0.15) is 5.26 Å². The van der Waals surface area contributed by atoms with Gasteiger partial charge in [0.25, 0.3) is 0 Å². The van der Waals surface area contributed by atoms with Gasteiger partial charge in [-0.1, -0.05) is 22.9 Å². The molecule has 108 valence electrons. The zero-order chi connectivity index (χ0) is 14.9. The topological polar surface area (TPSA) is 62.1 Å². The predicted octanol–water partition coefficient (Wildman–Crippen LogP) is 3.58. The number of fused-ring (bicyclic) bond motifs is 1. The van der Waals surface area contributed by atoms with E-state index in [1.165, 1.54) is 11.3 Å². The molecule has 0 radical (unpaired) electrons. The standard InChI is InChI=1S/C14H17BrN2O2S/c1-4-14(3)5-9-10(6-16)13(17-12(18)8(2)15)20-11(9)7-19-14/h8H,4-5,7H2,1-3H3,(H,17,18). The van der Waals surface area contributed by atoms with Crippen molar-refractivity contribution in [1.82, 2.24) is 0 Å². The van der Waals surface area contributed by atoms with Crippen molar-refractivity contribution in [3.8, 4) is 6.07 Å². The van der Waals surface area contributed by atoms with Crippen molar-refractivity contribution < 1.29 is 9.53 Å². The van der Waals surface area contributed by atoms with Crippen LogP contribution in [-0.4, -0.2) is 16.3 Å². The van der Waals surface area contributed by atoms with Crippen LogP contribution in [0.3, 0.4) is 0 Å². The van der Waals surface area contributed by atoms with Crippen LogP contribution in [0.2, 0.25) is 0 Å². The van der Waals surface area contributed by atoms with Crippen LogP contribution in [-0.2, 0) is 22.6 Å². The number of thiophene rings is 1. The molecule has 0 spiro atoms. The Kier molecular flexibility index (Phi) is 4.52. The van der Waals surface area contributed by atoms with Gasteiger partial charge in [0.05, 0.1) is 22.6 Å². The Morgan fingerprint density at radius 1 is 1.70 bits per heavy atom. The highest BCUT2D eigenvalue weighted by atomic mass is 79.9. The minimum atomic E-state index is -0.287. The number of hydrogen-bond donors (Lipinski definition) is 1. The number of nitriles is 1. The van der Waals surface area contributed by atoms with E-state index in [2.05, 4.69) is 41.2 Å². The van der Waals surface area contributed by atoms with Gasteiger partial charge in [0.2, 0.25) is 5.91 Å². The highest BCUT2D eigenvalue weighted by Gasteiger charge is 2.33. The second-order valence-corrected chi connectivity index (χ2v) is 7.67. The first-order valence-corrected chi connectivity index (χ1v) is 8.27. The molecule has 1 aliphatic rings. The van der Waals surface area contributed by atoms with Gasteiger partial charge in [0, 0.05) is 11.3 Å². The lowest BCUT2D eigenvalue weighted by molar-refractivity contribution is -0.115. The maximum absolute atomic E-state index is 11.8. The Labute approximate surface area is 131 Å². The van der Waals surface area contributed by atoms with Crippen LogP contribution >= 0.6 is 27.3 Å². The maximum atomic E-state index is 11.8. The average Bonchev–Trinajstić information content (AvgIpc) is 2.74. The molecular formula is C14H17BrN2O2S. The van der Waals surface area contributed by atoms with E-state index in [0.717, 1.165) is 23.3 Å². The zero-order valence-corrected chi connectivity index (χ0v) is 14.2. The molecule has 20 heavy (non-hydrogen) atoms. The molecule has 1 amide bonds. The number of carbonyl (C=O) groups excluding carboxylic acids is 1. The predicted molar refractivity (Wildman–Crippen MR) is 83.2 cm³/mol. The molecule has 2 heterocycles. The van der Waals surface area contributed by atoms with E-state index < -0.39 is 0 Å². The Morgan fingerprint density at radius 3 is 2.95 bits per heavy atom. The summed E-state index contributed by atoms with van der Waals surface area (Å²) in [6, 6.07) is 2.23. The monoisotopic (exact) mass is 356 g/mol. The van der Waals surface area contributed by atoms with Crippen molar-refractivity contribution in [1.29, 1.82) is 5.26 Å². The Hall–Kier alpha value is -0.900. The van der Waals surface area contributed by atoms with E-state index in [4.69, 9.17) is 4.74 Å². The van der Waals surface area contributed by atoms with Crippen molar-refractivity contribution in [2.24, 2.45) is 0 Å². The van der Waals surface area contributed by atoms with Crippen LogP contribution in [0.4, 0.5) is 5.00 Å². The van der Waals surface area contributed by atoms with Crippen molar-refractivity contribution in [3.63, 3.8) is 0 Å². The van der Waals surface area contributed by atoms with E-state index in [1.54, 1.807) is 6.92 Å². The molecule has 4 nitrogen and oxygen atoms in total. The van der Waals surface area contributed by atoms with Crippen molar-refractivity contribution >= 4 is 38.2 Å². The third-order valence-electron chi connectivity index (χ3n) is 3.65. The lowest BCUT2D eigenvalue weighted by atomic mass is 9.90. The number of nitrogens with zero attached hydrogens (tertiary/aromatic N) is 1.